The van der Waals surface area contributed by atoms with Crippen LogP contribution < -0.4 is 0 Å². The number of hydrogen-bond donors (Lipinski definition) is 0. The van der Waals surface area contributed by atoms with Crippen LogP contribution in [0.4, 0.5) is 0 Å². The summed E-state index contributed by atoms with van der Waals surface area (Å²) in [6.45, 7) is 4.74. The van der Waals surface area contributed by atoms with Crippen molar-refractivity contribution in [1.82, 2.24) is 9.97 Å². The molecule has 2 heterocycles. The molecule has 2 aliphatic rings. The van der Waals surface area contributed by atoms with Crippen molar-refractivity contribution in [2.75, 3.05) is 0 Å². The molecule has 0 saturated carbocycles. The Bertz CT molecular complexity index is 2200. The van der Waals surface area contributed by atoms with Crippen LogP contribution in [0.15, 0.2) is 168 Å². The van der Waals surface area contributed by atoms with E-state index in [1.807, 2.05) is 36.0 Å². The second-order valence-corrected chi connectivity index (χ2v) is 14.1. The molecule has 0 radical (unpaired) electrons. The van der Waals surface area contributed by atoms with Crippen molar-refractivity contribution in [3.05, 3.63) is 191 Å². The molecule has 0 atom stereocenters. The predicted molar refractivity (Wildman–Crippen MR) is 193 cm³/mol. The van der Waals surface area contributed by atoms with Crippen molar-refractivity contribution in [2.24, 2.45) is 0 Å². The van der Waals surface area contributed by atoms with E-state index in [1.165, 1.54) is 43.2 Å². The van der Waals surface area contributed by atoms with E-state index in [0.717, 1.165) is 33.9 Å². The van der Waals surface area contributed by atoms with Crippen LogP contribution >= 0.6 is 11.8 Å². The molecule has 0 amide bonds. The van der Waals surface area contributed by atoms with Crippen LogP contribution in [0.5, 0.6) is 0 Å². The largest absolute Gasteiger partial charge is 0.228 e. The van der Waals surface area contributed by atoms with Crippen LogP contribution in [-0.2, 0) is 10.8 Å². The predicted octanol–water partition coefficient (Wildman–Crippen LogP) is 11.0. The molecule has 0 fully saturated rings. The lowest BCUT2D eigenvalue weighted by molar-refractivity contribution is 0.549. The zero-order valence-corrected chi connectivity index (χ0v) is 27.1. The van der Waals surface area contributed by atoms with E-state index in [0.29, 0.717) is 0 Å². The molecule has 224 valence electrons. The Morgan fingerprint density at radius 3 is 1.53 bits per heavy atom. The highest BCUT2D eigenvalue weighted by atomic mass is 32.2. The standard InChI is InChI=1S/C44H32N2S/c1-43(2)32-19-9-11-21-34(32)44(35-22-12-10-20-33(35)43)36-23-13-14-24-40(36)47-41-27-31(25-26-37(41)44)39-28-38(29-15-5-3-6-16-29)45-42(46-39)30-17-7-4-8-18-30/h3-28H,1-2H3. The Balaban J connectivity index is 1.31. The molecule has 6 aromatic carbocycles. The summed E-state index contributed by atoms with van der Waals surface area (Å²) >= 11 is 1.87. The molecule has 47 heavy (non-hydrogen) atoms. The molecule has 3 heteroatoms. The first-order valence-corrected chi connectivity index (χ1v) is 17.0. The summed E-state index contributed by atoms with van der Waals surface area (Å²) in [5, 5.41) is 0. The summed E-state index contributed by atoms with van der Waals surface area (Å²) in [7, 11) is 0. The van der Waals surface area contributed by atoms with Crippen molar-refractivity contribution in [3.8, 4) is 33.9 Å². The number of hydrogen-bond acceptors (Lipinski definition) is 3. The van der Waals surface area contributed by atoms with E-state index in [-0.39, 0.29) is 5.41 Å². The first-order chi connectivity index (χ1) is 23.0. The Hall–Kier alpha value is -5.25. The Kier molecular flexibility index (Phi) is 6.35. The monoisotopic (exact) mass is 620 g/mol. The lowest BCUT2D eigenvalue weighted by Gasteiger charge is -2.50. The van der Waals surface area contributed by atoms with Gasteiger partial charge in [0.2, 0.25) is 0 Å². The van der Waals surface area contributed by atoms with Gasteiger partial charge < -0.3 is 0 Å². The first-order valence-electron chi connectivity index (χ1n) is 16.2. The van der Waals surface area contributed by atoms with E-state index in [1.54, 1.807) is 0 Å². The quantitative estimate of drug-likeness (QED) is 0.197. The van der Waals surface area contributed by atoms with E-state index in [4.69, 9.17) is 9.97 Å². The molecule has 1 aliphatic carbocycles. The minimum Gasteiger partial charge on any atom is -0.228 e. The van der Waals surface area contributed by atoms with Gasteiger partial charge in [-0.1, -0.05) is 165 Å². The summed E-state index contributed by atoms with van der Waals surface area (Å²) in [4.78, 5) is 12.7. The fraction of sp³-hybridized carbons (Fsp3) is 0.0909. The molecule has 7 aromatic rings. The highest BCUT2D eigenvalue weighted by molar-refractivity contribution is 7.99. The SMILES string of the molecule is CC1(C)c2ccccc2C2(c3ccccc3Sc3cc(-c4cc(-c5ccccc5)nc(-c5ccccc5)n4)ccc32)c2ccccc21. The van der Waals surface area contributed by atoms with Crippen LogP contribution in [0.1, 0.15) is 47.2 Å². The molecule has 0 N–H and O–H groups in total. The third-order valence-electron chi connectivity index (χ3n) is 10.0. The molecule has 2 nitrogen and oxygen atoms in total. The van der Waals surface area contributed by atoms with Crippen LogP contribution in [0, 0.1) is 0 Å². The second-order valence-electron chi connectivity index (χ2n) is 13.0. The Morgan fingerprint density at radius 1 is 0.404 bits per heavy atom. The zero-order chi connectivity index (χ0) is 31.6. The van der Waals surface area contributed by atoms with Crippen LogP contribution in [-0.4, -0.2) is 9.97 Å². The summed E-state index contributed by atoms with van der Waals surface area (Å²) in [6, 6.07) is 57.0. The first kappa shape index (κ1) is 28.0. The molecule has 0 unspecified atom stereocenters. The number of rotatable bonds is 3. The van der Waals surface area contributed by atoms with Gasteiger partial charge in [-0.15, -0.1) is 0 Å². The van der Waals surface area contributed by atoms with Gasteiger partial charge >= 0.3 is 0 Å². The molecule has 1 aliphatic heterocycles. The highest BCUT2D eigenvalue weighted by Gasteiger charge is 2.51. The third kappa shape index (κ3) is 4.20. The molecular weight excluding hydrogens is 589 g/mol. The van der Waals surface area contributed by atoms with Crippen LogP contribution in [0.3, 0.4) is 0 Å². The van der Waals surface area contributed by atoms with Gasteiger partial charge in [-0.25, -0.2) is 9.97 Å². The number of aromatic nitrogens is 2. The van der Waals surface area contributed by atoms with E-state index in [9.17, 15) is 0 Å². The Morgan fingerprint density at radius 2 is 0.894 bits per heavy atom. The summed E-state index contributed by atoms with van der Waals surface area (Å²) in [5.41, 5.74) is 12.6. The zero-order valence-electron chi connectivity index (χ0n) is 26.3. The Labute approximate surface area is 280 Å². The number of benzene rings is 6. The van der Waals surface area contributed by atoms with Gasteiger partial charge in [0.15, 0.2) is 5.82 Å². The van der Waals surface area contributed by atoms with Gasteiger partial charge in [0.1, 0.15) is 0 Å². The van der Waals surface area contributed by atoms with E-state index >= 15 is 0 Å². The van der Waals surface area contributed by atoms with Gasteiger partial charge in [-0.3, -0.25) is 0 Å². The van der Waals surface area contributed by atoms with Crippen molar-refractivity contribution >= 4 is 11.8 Å². The van der Waals surface area contributed by atoms with Gasteiger partial charge in [-0.2, -0.15) is 0 Å². The molecule has 1 aromatic heterocycles. The van der Waals surface area contributed by atoms with E-state index in [2.05, 4.69) is 147 Å². The van der Waals surface area contributed by atoms with Crippen molar-refractivity contribution < 1.29 is 0 Å². The topological polar surface area (TPSA) is 25.8 Å². The summed E-state index contributed by atoms with van der Waals surface area (Å²) in [5.74, 6) is 0.728. The van der Waals surface area contributed by atoms with Crippen LogP contribution in [0.2, 0.25) is 0 Å². The normalized spacial score (nSPS) is 14.9. The lowest BCUT2D eigenvalue weighted by atomic mass is 9.54. The fourth-order valence-corrected chi connectivity index (χ4v) is 9.09. The molecular formula is C44H32N2S. The van der Waals surface area contributed by atoms with Gasteiger partial charge in [0.05, 0.1) is 16.8 Å². The lowest BCUT2D eigenvalue weighted by Crippen LogP contribution is -2.43. The average molecular weight is 621 g/mol. The number of nitrogens with zero attached hydrogens (tertiary/aromatic N) is 2. The van der Waals surface area contributed by atoms with Gasteiger partial charge in [0, 0.05) is 31.9 Å². The van der Waals surface area contributed by atoms with Crippen molar-refractivity contribution in [1.29, 1.82) is 0 Å². The minimum absolute atomic E-state index is 0.124. The molecule has 1 spiro atoms. The maximum absolute atomic E-state index is 5.17. The molecule has 0 bridgehead atoms. The average Bonchev–Trinajstić information content (AvgIpc) is 3.14. The molecule has 0 saturated heterocycles. The van der Waals surface area contributed by atoms with E-state index < -0.39 is 5.41 Å². The van der Waals surface area contributed by atoms with Crippen LogP contribution in [0.25, 0.3) is 33.9 Å². The van der Waals surface area contributed by atoms with Crippen molar-refractivity contribution in [2.45, 2.75) is 34.5 Å². The van der Waals surface area contributed by atoms with Crippen molar-refractivity contribution in [3.63, 3.8) is 0 Å². The maximum atomic E-state index is 5.17. The molecule has 9 rings (SSSR count). The van der Waals surface area contributed by atoms with Gasteiger partial charge in [0.25, 0.3) is 0 Å². The maximum Gasteiger partial charge on any atom is 0.160 e. The smallest absolute Gasteiger partial charge is 0.160 e. The highest BCUT2D eigenvalue weighted by Crippen LogP contribution is 2.61. The number of fused-ring (bicyclic) bond motifs is 8. The van der Waals surface area contributed by atoms with Gasteiger partial charge in [-0.05, 0) is 51.6 Å². The fourth-order valence-electron chi connectivity index (χ4n) is 7.85. The second kappa shape index (κ2) is 10.7. The minimum atomic E-state index is -0.436. The third-order valence-corrected chi connectivity index (χ3v) is 11.2. The summed E-state index contributed by atoms with van der Waals surface area (Å²) in [6.07, 6.45) is 0. The summed E-state index contributed by atoms with van der Waals surface area (Å²) < 4.78 is 0.